The third kappa shape index (κ3) is 4.53. The lowest BCUT2D eigenvalue weighted by molar-refractivity contribution is -0.131. The van der Waals surface area contributed by atoms with E-state index in [1.807, 2.05) is 11.6 Å². The Morgan fingerprint density at radius 1 is 1.41 bits per heavy atom. The summed E-state index contributed by atoms with van der Waals surface area (Å²) >= 11 is 0. The Bertz CT molecular complexity index is 605. The highest BCUT2D eigenvalue weighted by Gasteiger charge is 2.24. The van der Waals surface area contributed by atoms with Crippen molar-refractivity contribution in [2.45, 2.75) is 43.8 Å². The van der Waals surface area contributed by atoms with Crippen LogP contribution in [0.5, 0.6) is 0 Å². The first kappa shape index (κ1) is 16.9. The largest absolute Gasteiger partial charge is 0.376 e. The average Bonchev–Trinajstić information content (AvgIpc) is 2.98. The SMILES string of the molecule is Cc1ccc(S(=O)(=O)NC(=O)C(C)OCC2CCCO2)cc1. The van der Waals surface area contributed by atoms with Crippen molar-refractivity contribution in [3.63, 3.8) is 0 Å². The van der Waals surface area contributed by atoms with E-state index < -0.39 is 22.0 Å². The maximum absolute atomic E-state index is 12.1. The van der Waals surface area contributed by atoms with Gasteiger partial charge in [0.15, 0.2) is 0 Å². The second-order valence-corrected chi connectivity index (χ2v) is 7.08. The van der Waals surface area contributed by atoms with E-state index in [2.05, 4.69) is 0 Å². The summed E-state index contributed by atoms with van der Waals surface area (Å²) in [5, 5.41) is 0. The molecule has 1 N–H and O–H groups in total. The van der Waals surface area contributed by atoms with Gasteiger partial charge in [-0.3, -0.25) is 4.79 Å². The van der Waals surface area contributed by atoms with Gasteiger partial charge in [0.25, 0.3) is 15.9 Å². The number of amides is 1. The highest BCUT2D eigenvalue weighted by Crippen LogP contribution is 2.13. The molecule has 1 heterocycles. The van der Waals surface area contributed by atoms with Gasteiger partial charge in [0, 0.05) is 6.61 Å². The molecule has 1 aliphatic rings. The number of carbonyl (C=O) groups is 1. The smallest absolute Gasteiger partial charge is 0.264 e. The van der Waals surface area contributed by atoms with Gasteiger partial charge < -0.3 is 9.47 Å². The molecule has 2 rings (SSSR count). The van der Waals surface area contributed by atoms with Crippen molar-refractivity contribution in [3.8, 4) is 0 Å². The number of rotatable bonds is 6. The minimum atomic E-state index is -3.87. The summed E-state index contributed by atoms with van der Waals surface area (Å²) in [4.78, 5) is 12.0. The van der Waals surface area contributed by atoms with Crippen LogP contribution in [-0.4, -0.2) is 39.7 Å². The number of sulfonamides is 1. The van der Waals surface area contributed by atoms with E-state index in [-0.39, 0.29) is 11.0 Å². The summed E-state index contributed by atoms with van der Waals surface area (Å²) in [6, 6.07) is 6.28. The van der Waals surface area contributed by atoms with Gasteiger partial charge in [-0.2, -0.15) is 0 Å². The molecule has 0 aromatic heterocycles. The zero-order chi connectivity index (χ0) is 16.2. The zero-order valence-electron chi connectivity index (χ0n) is 12.7. The van der Waals surface area contributed by atoms with E-state index in [1.54, 1.807) is 12.1 Å². The second kappa shape index (κ2) is 7.21. The molecule has 0 radical (unpaired) electrons. The van der Waals surface area contributed by atoms with Crippen molar-refractivity contribution in [2.24, 2.45) is 0 Å². The maximum atomic E-state index is 12.1. The van der Waals surface area contributed by atoms with Crippen molar-refractivity contribution >= 4 is 15.9 Å². The van der Waals surface area contributed by atoms with Crippen LogP contribution in [0.2, 0.25) is 0 Å². The lowest BCUT2D eigenvalue weighted by Crippen LogP contribution is -2.39. The van der Waals surface area contributed by atoms with Crippen molar-refractivity contribution in [1.29, 1.82) is 0 Å². The third-order valence-corrected chi connectivity index (χ3v) is 4.85. The summed E-state index contributed by atoms with van der Waals surface area (Å²) in [6.07, 6.45) is 1.01. The Kier molecular flexibility index (Phi) is 5.55. The molecule has 0 spiro atoms. The second-order valence-electron chi connectivity index (χ2n) is 5.39. The van der Waals surface area contributed by atoms with Gasteiger partial charge >= 0.3 is 0 Å². The molecule has 1 saturated heterocycles. The van der Waals surface area contributed by atoms with Crippen LogP contribution in [0, 0.1) is 6.92 Å². The normalized spacial score (nSPS) is 19.8. The van der Waals surface area contributed by atoms with Crippen LogP contribution in [-0.2, 0) is 24.3 Å². The van der Waals surface area contributed by atoms with Gasteiger partial charge in [-0.1, -0.05) is 17.7 Å². The molecule has 122 valence electrons. The van der Waals surface area contributed by atoms with Gasteiger partial charge in [0.05, 0.1) is 17.6 Å². The first-order chi connectivity index (χ1) is 10.4. The average molecular weight is 327 g/mol. The van der Waals surface area contributed by atoms with Crippen LogP contribution in [0.15, 0.2) is 29.2 Å². The molecule has 2 atom stereocenters. The van der Waals surface area contributed by atoms with Crippen LogP contribution in [0.1, 0.15) is 25.3 Å². The van der Waals surface area contributed by atoms with Crippen molar-refractivity contribution in [3.05, 3.63) is 29.8 Å². The quantitative estimate of drug-likeness (QED) is 0.854. The number of nitrogens with one attached hydrogen (secondary N) is 1. The van der Waals surface area contributed by atoms with Crippen LogP contribution >= 0.6 is 0 Å². The predicted molar refractivity (Wildman–Crippen MR) is 80.9 cm³/mol. The summed E-state index contributed by atoms with van der Waals surface area (Å²) in [7, 11) is -3.87. The standard InChI is InChI=1S/C15H21NO5S/c1-11-5-7-14(8-6-11)22(18,19)16-15(17)12(2)21-10-13-4-3-9-20-13/h5-8,12-13H,3-4,9-10H2,1-2H3,(H,16,17). The highest BCUT2D eigenvalue weighted by molar-refractivity contribution is 7.90. The Balaban J connectivity index is 1.90. The molecule has 1 aliphatic heterocycles. The molecule has 7 heteroatoms. The minimum Gasteiger partial charge on any atom is -0.376 e. The third-order valence-electron chi connectivity index (χ3n) is 3.49. The zero-order valence-corrected chi connectivity index (χ0v) is 13.6. The van der Waals surface area contributed by atoms with Gasteiger partial charge in [0.2, 0.25) is 0 Å². The van der Waals surface area contributed by atoms with Crippen molar-refractivity contribution < 1.29 is 22.7 Å². The number of hydrogen-bond acceptors (Lipinski definition) is 5. The predicted octanol–water partition coefficient (Wildman–Crippen LogP) is 1.38. The van der Waals surface area contributed by atoms with Gasteiger partial charge in [0.1, 0.15) is 6.10 Å². The Labute approximate surface area is 130 Å². The lowest BCUT2D eigenvalue weighted by atomic mass is 10.2. The lowest BCUT2D eigenvalue weighted by Gasteiger charge is -2.16. The van der Waals surface area contributed by atoms with Gasteiger partial charge in [-0.25, -0.2) is 13.1 Å². The molecular weight excluding hydrogens is 306 g/mol. The summed E-state index contributed by atoms with van der Waals surface area (Å²) in [6.45, 7) is 4.38. The van der Waals surface area contributed by atoms with E-state index in [0.717, 1.165) is 18.4 Å². The summed E-state index contributed by atoms with van der Waals surface area (Å²) < 4.78 is 37.0. The molecule has 0 bridgehead atoms. The summed E-state index contributed by atoms with van der Waals surface area (Å²) in [5.41, 5.74) is 0.943. The van der Waals surface area contributed by atoms with Crippen molar-refractivity contribution in [2.75, 3.05) is 13.2 Å². The van der Waals surface area contributed by atoms with E-state index in [0.29, 0.717) is 13.2 Å². The molecule has 6 nitrogen and oxygen atoms in total. The number of aryl methyl sites for hydroxylation is 1. The van der Waals surface area contributed by atoms with Crippen LogP contribution < -0.4 is 4.72 Å². The Morgan fingerprint density at radius 2 is 2.09 bits per heavy atom. The molecule has 0 aliphatic carbocycles. The monoisotopic (exact) mass is 327 g/mol. The fourth-order valence-corrected chi connectivity index (χ4v) is 3.14. The van der Waals surface area contributed by atoms with Crippen LogP contribution in [0.25, 0.3) is 0 Å². The maximum Gasteiger partial charge on any atom is 0.264 e. The van der Waals surface area contributed by atoms with Crippen molar-refractivity contribution in [1.82, 2.24) is 4.72 Å². The molecule has 22 heavy (non-hydrogen) atoms. The molecule has 1 aromatic carbocycles. The summed E-state index contributed by atoms with van der Waals surface area (Å²) in [5.74, 6) is -0.682. The number of benzene rings is 1. The molecular formula is C15H21NO5S. The number of ether oxygens (including phenoxy) is 2. The molecule has 1 amide bonds. The van der Waals surface area contributed by atoms with Crippen LogP contribution in [0.3, 0.4) is 0 Å². The van der Waals surface area contributed by atoms with E-state index in [1.165, 1.54) is 19.1 Å². The molecule has 1 aromatic rings. The first-order valence-corrected chi connectivity index (χ1v) is 8.73. The van der Waals surface area contributed by atoms with E-state index in [9.17, 15) is 13.2 Å². The van der Waals surface area contributed by atoms with Crippen LogP contribution in [0.4, 0.5) is 0 Å². The van der Waals surface area contributed by atoms with E-state index >= 15 is 0 Å². The Hall–Kier alpha value is -1.44. The number of hydrogen-bond donors (Lipinski definition) is 1. The van der Waals surface area contributed by atoms with E-state index in [4.69, 9.17) is 9.47 Å². The fraction of sp³-hybridized carbons (Fsp3) is 0.533. The number of carbonyl (C=O) groups excluding carboxylic acids is 1. The fourth-order valence-electron chi connectivity index (χ4n) is 2.09. The molecule has 1 fully saturated rings. The Morgan fingerprint density at radius 3 is 2.68 bits per heavy atom. The highest BCUT2D eigenvalue weighted by atomic mass is 32.2. The molecule has 2 unspecified atom stereocenters. The molecule has 0 saturated carbocycles. The topological polar surface area (TPSA) is 81.7 Å². The van der Waals surface area contributed by atoms with Gasteiger partial charge in [-0.05, 0) is 38.8 Å². The first-order valence-electron chi connectivity index (χ1n) is 7.25. The minimum absolute atomic E-state index is 0.0102. The van der Waals surface area contributed by atoms with Gasteiger partial charge in [-0.15, -0.1) is 0 Å².